The van der Waals surface area contributed by atoms with Crippen molar-refractivity contribution in [2.75, 3.05) is 0 Å². The number of benzene rings is 2. The molecule has 0 radical (unpaired) electrons. The summed E-state index contributed by atoms with van der Waals surface area (Å²) in [7, 11) is -3.64. The molecule has 0 unspecified atom stereocenters. The Morgan fingerprint density at radius 3 is 2.20 bits per heavy atom. The van der Waals surface area contributed by atoms with E-state index < -0.39 is 10.0 Å². The van der Waals surface area contributed by atoms with Gasteiger partial charge in [0.05, 0.1) is 4.90 Å². The summed E-state index contributed by atoms with van der Waals surface area (Å²) in [6.45, 7) is 3.73. The monoisotopic (exact) mass is 290 g/mol. The normalized spacial score (nSPS) is 11.0. The van der Waals surface area contributed by atoms with Crippen molar-refractivity contribution in [3.05, 3.63) is 66.7 Å². The maximum absolute atomic E-state index is 12.0. The van der Waals surface area contributed by atoms with E-state index in [2.05, 4.69) is 16.8 Å². The van der Waals surface area contributed by atoms with Gasteiger partial charge in [-0.15, -0.1) is 4.83 Å². The molecule has 3 N–H and O–H groups in total. The van der Waals surface area contributed by atoms with Gasteiger partial charge in [-0.1, -0.05) is 24.8 Å². The maximum Gasteiger partial charge on any atom is 0.257 e. The molecule has 0 aliphatic rings. The Balaban J connectivity index is 2.05. The third kappa shape index (κ3) is 3.37. The fraction of sp³-hybridized carbons (Fsp3) is 0. The van der Waals surface area contributed by atoms with Crippen LogP contribution in [-0.4, -0.2) is 13.5 Å². The number of phenols is 1. The highest BCUT2D eigenvalue weighted by Crippen LogP contribution is 2.14. The highest BCUT2D eigenvalue weighted by atomic mass is 32.2. The lowest BCUT2D eigenvalue weighted by molar-refractivity contribution is 0.475. The van der Waals surface area contributed by atoms with Crippen LogP contribution >= 0.6 is 0 Å². The molecule has 104 valence electrons. The van der Waals surface area contributed by atoms with Crippen molar-refractivity contribution >= 4 is 15.7 Å². The van der Waals surface area contributed by atoms with E-state index in [0.29, 0.717) is 11.3 Å². The molecule has 20 heavy (non-hydrogen) atoms. The predicted molar refractivity (Wildman–Crippen MR) is 77.0 cm³/mol. The van der Waals surface area contributed by atoms with Crippen molar-refractivity contribution in [2.24, 2.45) is 0 Å². The molecule has 0 amide bonds. The van der Waals surface area contributed by atoms with E-state index in [-0.39, 0.29) is 10.6 Å². The summed E-state index contributed by atoms with van der Waals surface area (Å²) in [6.07, 6.45) is 0. The van der Waals surface area contributed by atoms with Crippen molar-refractivity contribution in [1.29, 1.82) is 0 Å². The topological polar surface area (TPSA) is 78.4 Å². The number of rotatable bonds is 5. The first kappa shape index (κ1) is 14.1. The van der Waals surface area contributed by atoms with Gasteiger partial charge >= 0.3 is 0 Å². The van der Waals surface area contributed by atoms with Gasteiger partial charge in [0, 0.05) is 5.70 Å². The fourth-order valence-electron chi connectivity index (χ4n) is 1.52. The number of hydrazine groups is 1. The van der Waals surface area contributed by atoms with E-state index in [0.717, 1.165) is 0 Å². The Morgan fingerprint density at radius 1 is 1.00 bits per heavy atom. The van der Waals surface area contributed by atoms with Crippen LogP contribution in [0.25, 0.3) is 5.70 Å². The van der Waals surface area contributed by atoms with Crippen molar-refractivity contribution < 1.29 is 13.5 Å². The van der Waals surface area contributed by atoms with Gasteiger partial charge < -0.3 is 10.5 Å². The minimum absolute atomic E-state index is 0.131. The van der Waals surface area contributed by atoms with Gasteiger partial charge in [-0.05, 0) is 42.0 Å². The lowest BCUT2D eigenvalue weighted by Crippen LogP contribution is -2.35. The van der Waals surface area contributed by atoms with Gasteiger partial charge in [0.15, 0.2) is 0 Å². The zero-order valence-electron chi connectivity index (χ0n) is 10.6. The number of hydrogen-bond donors (Lipinski definition) is 3. The molecule has 0 fully saturated rings. The minimum Gasteiger partial charge on any atom is -0.508 e. The van der Waals surface area contributed by atoms with E-state index in [1.165, 1.54) is 24.3 Å². The summed E-state index contributed by atoms with van der Waals surface area (Å²) in [5.74, 6) is 0.131. The van der Waals surface area contributed by atoms with Crippen LogP contribution in [0.5, 0.6) is 5.75 Å². The molecule has 0 bridgehead atoms. The summed E-state index contributed by atoms with van der Waals surface area (Å²) in [5.41, 5.74) is 3.59. The molecule has 0 aliphatic heterocycles. The van der Waals surface area contributed by atoms with Crippen molar-refractivity contribution in [3.8, 4) is 5.75 Å². The zero-order valence-corrected chi connectivity index (χ0v) is 11.4. The first-order chi connectivity index (χ1) is 9.49. The van der Waals surface area contributed by atoms with E-state index in [1.54, 1.807) is 30.3 Å². The zero-order chi connectivity index (χ0) is 14.6. The Kier molecular flexibility index (Phi) is 4.07. The average molecular weight is 290 g/mol. The molecule has 0 heterocycles. The number of sulfonamides is 1. The maximum atomic E-state index is 12.0. The van der Waals surface area contributed by atoms with Crippen LogP contribution in [0.4, 0.5) is 0 Å². The molecular weight excluding hydrogens is 276 g/mol. The molecule has 0 aliphatic carbocycles. The molecule has 0 saturated carbocycles. The number of aromatic hydroxyl groups is 1. The second-order valence-corrected chi connectivity index (χ2v) is 5.75. The van der Waals surface area contributed by atoms with E-state index in [4.69, 9.17) is 0 Å². The minimum atomic E-state index is -3.64. The number of phenolic OH excluding ortho intramolecular Hbond substituents is 1. The summed E-state index contributed by atoms with van der Waals surface area (Å²) < 4.78 is 23.9. The summed E-state index contributed by atoms with van der Waals surface area (Å²) in [4.78, 5) is 2.41. The largest absolute Gasteiger partial charge is 0.508 e. The van der Waals surface area contributed by atoms with Gasteiger partial charge in [-0.3, -0.25) is 0 Å². The highest BCUT2D eigenvalue weighted by Gasteiger charge is 2.13. The molecule has 0 aromatic heterocycles. The molecule has 5 nitrogen and oxygen atoms in total. The molecule has 2 aromatic carbocycles. The Hall–Kier alpha value is -2.31. The lowest BCUT2D eigenvalue weighted by Gasteiger charge is -2.11. The first-order valence-corrected chi connectivity index (χ1v) is 7.28. The molecule has 0 spiro atoms. The van der Waals surface area contributed by atoms with Gasteiger partial charge in [0.2, 0.25) is 0 Å². The molecule has 0 atom stereocenters. The summed E-state index contributed by atoms with van der Waals surface area (Å²) in [6, 6.07) is 14.2. The highest BCUT2D eigenvalue weighted by molar-refractivity contribution is 7.89. The average Bonchev–Trinajstić information content (AvgIpc) is 2.46. The number of hydrogen-bond acceptors (Lipinski definition) is 4. The second kappa shape index (κ2) is 5.77. The van der Waals surface area contributed by atoms with E-state index >= 15 is 0 Å². The first-order valence-electron chi connectivity index (χ1n) is 5.80. The molecule has 0 saturated heterocycles. The molecule has 2 aromatic rings. The van der Waals surface area contributed by atoms with E-state index in [9.17, 15) is 13.5 Å². The van der Waals surface area contributed by atoms with Gasteiger partial charge in [0.25, 0.3) is 10.0 Å². The van der Waals surface area contributed by atoms with Gasteiger partial charge in [-0.25, -0.2) is 8.42 Å². The standard InChI is InChI=1S/C14H14N2O3S/c1-11(12-7-9-13(17)10-8-12)15-16-20(18,19)14-5-3-2-4-6-14/h2-10,15-17H,1H2. The van der Waals surface area contributed by atoms with Crippen LogP contribution in [0.2, 0.25) is 0 Å². The Labute approximate surface area is 117 Å². The lowest BCUT2D eigenvalue weighted by atomic mass is 10.2. The van der Waals surface area contributed by atoms with E-state index in [1.807, 2.05) is 0 Å². The van der Waals surface area contributed by atoms with Crippen molar-refractivity contribution in [3.63, 3.8) is 0 Å². The smallest absolute Gasteiger partial charge is 0.257 e. The number of nitrogens with one attached hydrogen (secondary N) is 2. The van der Waals surface area contributed by atoms with Crippen LogP contribution < -0.4 is 10.3 Å². The molecule has 6 heteroatoms. The van der Waals surface area contributed by atoms with Crippen LogP contribution in [0.3, 0.4) is 0 Å². The third-order valence-corrected chi connectivity index (χ3v) is 3.87. The SMILES string of the molecule is C=C(NNS(=O)(=O)c1ccccc1)c1ccc(O)cc1. The molecular formula is C14H14N2O3S. The Morgan fingerprint density at radius 2 is 1.60 bits per heavy atom. The fourth-order valence-corrected chi connectivity index (χ4v) is 2.41. The van der Waals surface area contributed by atoms with Crippen LogP contribution in [0.15, 0.2) is 66.1 Å². The third-order valence-electron chi connectivity index (χ3n) is 2.61. The second-order valence-electron chi connectivity index (χ2n) is 4.07. The summed E-state index contributed by atoms with van der Waals surface area (Å²) in [5, 5.41) is 9.18. The summed E-state index contributed by atoms with van der Waals surface area (Å²) >= 11 is 0. The van der Waals surface area contributed by atoms with Gasteiger partial charge in [0.1, 0.15) is 5.75 Å². The predicted octanol–water partition coefficient (Wildman–Crippen LogP) is 1.85. The van der Waals surface area contributed by atoms with Crippen molar-refractivity contribution in [1.82, 2.24) is 10.3 Å². The Bertz CT molecular complexity index is 695. The van der Waals surface area contributed by atoms with Crippen LogP contribution in [0, 0.1) is 0 Å². The van der Waals surface area contributed by atoms with Crippen LogP contribution in [-0.2, 0) is 10.0 Å². The van der Waals surface area contributed by atoms with Crippen LogP contribution in [0.1, 0.15) is 5.56 Å². The quantitative estimate of drug-likeness (QED) is 0.734. The van der Waals surface area contributed by atoms with Gasteiger partial charge in [-0.2, -0.15) is 0 Å². The van der Waals surface area contributed by atoms with Crippen molar-refractivity contribution in [2.45, 2.75) is 4.90 Å². The molecule has 2 rings (SSSR count).